The Balaban J connectivity index is 2.68. The number of carboxylic acid groups (broad SMARTS) is 1. The van der Waals surface area contributed by atoms with Crippen molar-refractivity contribution in [2.45, 2.75) is 45.4 Å². The van der Waals surface area contributed by atoms with E-state index in [0.29, 0.717) is 18.6 Å². The molecule has 0 fully saturated rings. The second-order valence-electron chi connectivity index (χ2n) is 6.25. The zero-order valence-electron chi connectivity index (χ0n) is 15.9. The summed E-state index contributed by atoms with van der Waals surface area (Å²) in [4.78, 5) is 36.0. The number of carbonyl (C=O) groups is 3. The first-order chi connectivity index (χ1) is 12.9. The number of thioether (sulfide) groups is 1. The normalized spacial score (nSPS) is 13.9. The Kier molecular flexibility index (Phi) is 10.3. The molecule has 0 aliphatic rings. The van der Waals surface area contributed by atoms with Gasteiger partial charge in [0.15, 0.2) is 0 Å². The minimum Gasteiger partial charge on any atom is -0.480 e. The third kappa shape index (κ3) is 8.34. The Hall–Kier alpha value is -2.22. The van der Waals surface area contributed by atoms with E-state index >= 15 is 0 Å². The van der Waals surface area contributed by atoms with Gasteiger partial charge in [-0.3, -0.25) is 4.79 Å². The van der Waals surface area contributed by atoms with E-state index in [1.54, 1.807) is 0 Å². The van der Waals surface area contributed by atoms with Gasteiger partial charge in [-0.25, -0.2) is 9.59 Å². The number of ether oxygens (including phenoxy) is 1. The molecule has 3 atom stereocenters. The van der Waals surface area contributed by atoms with E-state index in [1.165, 1.54) is 11.8 Å². The zero-order chi connectivity index (χ0) is 20.2. The molecule has 150 valence electrons. The number of rotatable bonds is 11. The van der Waals surface area contributed by atoms with Crippen LogP contribution < -0.4 is 10.6 Å². The number of benzene rings is 1. The second-order valence-corrected chi connectivity index (χ2v) is 7.24. The first-order valence-electron chi connectivity index (χ1n) is 8.88. The highest BCUT2D eigenvalue weighted by atomic mass is 32.2. The van der Waals surface area contributed by atoms with E-state index in [1.807, 2.05) is 50.4 Å². The summed E-state index contributed by atoms with van der Waals surface area (Å²) in [5.41, 5.74) is 0.834. The molecule has 1 aromatic rings. The summed E-state index contributed by atoms with van der Waals surface area (Å²) in [5.74, 6) is -1.18. The van der Waals surface area contributed by atoms with Crippen molar-refractivity contribution in [1.29, 1.82) is 0 Å². The summed E-state index contributed by atoms with van der Waals surface area (Å²) < 4.78 is 5.17. The molecule has 0 bridgehead atoms. The fourth-order valence-electron chi connectivity index (χ4n) is 2.35. The number of nitrogens with one attached hydrogen (secondary N) is 2. The molecule has 27 heavy (non-hydrogen) atoms. The molecule has 0 radical (unpaired) electrons. The smallest absolute Gasteiger partial charge is 0.408 e. The molecule has 8 heteroatoms. The van der Waals surface area contributed by atoms with Crippen molar-refractivity contribution in [3.63, 3.8) is 0 Å². The maximum atomic E-state index is 12.6. The molecule has 1 rings (SSSR count). The van der Waals surface area contributed by atoms with Gasteiger partial charge in [-0.2, -0.15) is 11.8 Å². The summed E-state index contributed by atoms with van der Waals surface area (Å²) in [5, 5.41) is 14.4. The first-order valence-corrected chi connectivity index (χ1v) is 10.3. The maximum Gasteiger partial charge on any atom is 0.408 e. The van der Waals surface area contributed by atoms with Crippen molar-refractivity contribution >= 4 is 29.7 Å². The average molecular weight is 397 g/mol. The van der Waals surface area contributed by atoms with Crippen molar-refractivity contribution in [2.75, 3.05) is 12.0 Å². The zero-order valence-corrected chi connectivity index (χ0v) is 16.8. The van der Waals surface area contributed by atoms with Crippen molar-refractivity contribution < 1.29 is 24.2 Å². The number of carbonyl (C=O) groups excluding carboxylic acids is 2. The SMILES string of the molecule is CCC(C)C(NC(=O)OCc1ccccc1)C(=O)NC(CCSC)C(=O)O. The lowest BCUT2D eigenvalue weighted by Crippen LogP contribution is -2.54. The van der Waals surface area contributed by atoms with Crippen molar-refractivity contribution in [1.82, 2.24) is 10.6 Å². The highest BCUT2D eigenvalue weighted by Gasteiger charge is 2.30. The van der Waals surface area contributed by atoms with Gasteiger partial charge in [-0.15, -0.1) is 0 Å². The fraction of sp³-hybridized carbons (Fsp3) is 0.526. The van der Waals surface area contributed by atoms with Crippen molar-refractivity contribution in [3.05, 3.63) is 35.9 Å². The molecular formula is C19H28N2O5S. The lowest BCUT2D eigenvalue weighted by molar-refractivity contribution is -0.142. The molecule has 3 N–H and O–H groups in total. The number of amides is 2. The van der Waals surface area contributed by atoms with Crippen LogP contribution in [-0.2, 0) is 20.9 Å². The van der Waals surface area contributed by atoms with Crippen LogP contribution in [0.1, 0.15) is 32.3 Å². The molecule has 0 saturated carbocycles. The van der Waals surface area contributed by atoms with Gasteiger partial charge in [-0.05, 0) is 29.9 Å². The Morgan fingerprint density at radius 3 is 2.41 bits per heavy atom. The van der Waals surface area contributed by atoms with Crippen molar-refractivity contribution in [2.24, 2.45) is 5.92 Å². The predicted molar refractivity (Wildman–Crippen MR) is 106 cm³/mol. The lowest BCUT2D eigenvalue weighted by Gasteiger charge is -2.25. The molecule has 0 aliphatic heterocycles. The molecule has 0 spiro atoms. The van der Waals surface area contributed by atoms with Gasteiger partial charge in [0.25, 0.3) is 0 Å². The van der Waals surface area contributed by atoms with E-state index in [4.69, 9.17) is 4.74 Å². The van der Waals surface area contributed by atoms with Gasteiger partial charge in [0.1, 0.15) is 18.7 Å². The highest BCUT2D eigenvalue weighted by Crippen LogP contribution is 2.10. The summed E-state index contributed by atoms with van der Waals surface area (Å²) in [6, 6.07) is 7.35. The van der Waals surface area contributed by atoms with Gasteiger partial charge >= 0.3 is 12.1 Å². The van der Waals surface area contributed by atoms with Crippen LogP contribution in [0.5, 0.6) is 0 Å². The minimum absolute atomic E-state index is 0.0903. The summed E-state index contributed by atoms with van der Waals surface area (Å²) in [6.45, 7) is 3.80. The Morgan fingerprint density at radius 1 is 1.19 bits per heavy atom. The molecule has 0 aromatic heterocycles. The Morgan fingerprint density at radius 2 is 1.85 bits per heavy atom. The van der Waals surface area contributed by atoms with E-state index in [0.717, 1.165) is 5.56 Å². The fourth-order valence-corrected chi connectivity index (χ4v) is 2.82. The van der Waals surface area contributed by atoms with Crippen LogP contribution in [0.2, 0.25) is 0 Å². The standard InChI is InChI=1S/C19H28N2O5S/c1-4-13(2)16(17(22)20-15(18(23)24)10-11-27-3)21-19(25)26-12-14-8-6-5-7-9-14/h5-9,13,15-16H,4,10-12H2,1-3H3,(H,20,22)(H,21,25)(H,23,24). The van der Waals surface area contributed by atoms with Gasteiger partial charge in [0.2, 0.25) is 5.91 Å². The maximum absolute atomic E-state index is 12.6. The topological polar surface area (TPSA) is 105 Å². The number of carboxylic acids is 1. The van der Waals surface area contributed by atoms with Gasteiger partial charge in [0.05, 0.1) is 0 Å². The van der Waals surface area contributed by atoms with Gasteiger partial charge < -0.3 is 20.5 Å². The largest absolute Gasteiger partial charge is 0.480 e. The number of hydrogen-bond donors (Lipinski definition) is 3. The summed E-state index contributed by atoms with van der Waals surface area (Å²) in [7, 11) is 0. The third-order valence-electron chi connectivity index (χ3n) is 4.21. The molecule has 7 nitrogen and oxygen atoms in total. The van der Waals surface area contributed by atoms with E-state index in [9.17, 15) is 19.5 Å². The van der Waals surface area contributed by atoms with Crippen LogP contribution in [0, 0.1) is 5.92 Å². The van der Waals surface area contributed by atoms with Crippen LogP contribution in [0.4, 0.5) is 4.79 Å². The van der Waals surface area contributed by atoms with Crippen LogP contribution >= 0.6 is 11.8 Å². The molecular weight excluding hydrogens is 368 g/mol. The van der Waals surface area contributed by atoms with Crippen LogP contribution in [0.3, 0.4) is 0 Å². The molecule has 1 aromatic carbocycles. The minimum atomic E-state index is -1.09. The molecule has 0 saturated heterocycles. The third-order valence-corrected chi connectivity index (χ3v) is 4.85. The van der Waals surface area contributed by atoms with Gasteiger partial charge in [0, 0.05) is 0 Å². The molecule has 0 heterocycles. The van der Waals surface area contributed by atoms with Crippen LogP contribution in [0.15, 0.2) is 30.3 Å². The van der Waals surface area contributed by atoms with Crippen molar-refractivity contribution in [3.8, 4) is 0 Å². The number of hydrogen-bond acceptors (Lipinski definition) is 5. The van der Waals surface area contributed by atoms with E-state index in [-0.39, 0.29) is 12.5 Å². The highest BCUT2D eigenvalue weighted by molar-refractivity contribution is 7.98. The Bertz CT molecular complexity index is 611. The average Bonchev–Trinajstić information content (AvgIpc) is 2.67. The predicted octanol–water partition coefficient (Wildman–Crippen LogP) is 2.65. The summed E-state index contributed by atoms with van der Waals surface area (Å²) in [6.07, 6.45) is 2.11. The van der Waals surface area contributed by atoms with Gasteiger partial charge in [-0.1, -0.05) is 50.6 Å². The lowest BCUT2D eigenvalue weighted by atomic mass is 9.98. The van der Waals surface area contributed by atoms with E-state index < -0.39 is 30.1 Å². The van der Waals surface area contributed by atoms with Crippen LogP contribution in [0.25, 0.3) is 0 Å². The second kappa shape index (κ2) is 12.2. The van der Waals surface area contributed by atoms with E-state index in [2.05, 4.69) is 10.6 Å². The molecule has 2 amide bonds. The van der Waals surface area contributed by atoms with Crippen LogP contribution in [-0.4, -0.2) is 47.2 Å². The number of alkyl carbamates (subject to hydrolysis) is 1. The molecule has 0 aliphatic carbocycles. The Labute approximate surface area is 164 Å². The molecule has 3 unspecified atom stereocenters. The first kappa shape index (κ1) is 22.8. The monoisotopic (exact) mass is 396 g/mol. The quantitative estimate of drug-likeness (QED) is 0.531. The number of aliphatic carboxylic acids is 1. The summed E-state index contributed by atoms with van der Waals surface area (Å²) >= 11 is 1.50.